The van der Waals surface area contributed by atoms with Gasteiger partial charge in [0.2, 0.25) is 5.88 Å². The van der Waals surface area contributed by atoms with E-state index in [1.165, 1.54) is 29.1 Å². The molecule has 0 aliphatic carbocycles. The summed E-state index contributed by atoms with van der Waals surface area (Å²) in [5.41, 5.74) is 0.949. The molecular formula is C22H19BrFN3O3. The van der Waals surface area contributed by atoms with Crippen molar-refractivity contribution in [3.8, 4) is 28.6 Å². The van der Waals surface area contributed by atoms with E-state index in [1.54, 1.807) is 39.0 Å². The Morgan fingerprint density at radius 1 is 1.17 bits per heavy atom. The van der Waals surface area contributed by atoms with Crippen LogP contribution < -0.4 is 0 Å². The molecule has 0 aliphatic rings. The number of aromatic hydroxyl groups is 2. The average Bonchev–Trinajstić information content (AvgIpc) is 3.25. The van der Waals surface area contributed by atoms with Crippen LogP contribution in [0.15, 0.2) is 47.2 Å². The molecule has 3 N–H and O–H groups in total. The van der Waals surface area contributed by atoms with Crippen LogP contribution in [0.1, 0.15) is 31.1 Å². The number of imidazole rings is 1. The molecule has 4 rings (SSSR count). The van der Waals surface area contributed by atoms with Gasteiger partial charge in [-0.1, -0.05) is 36.7 Å². The maximum atomic E-state index is 14.9. The van der Waals surface area contributed by atoms with Gasteiger partial charge in [-0.3, -0.25) is 9.36 Å². The molecule has 154 valence electrons. The topological polar surface area (TPSA) is 91.1 Å². The summed E-state index contributed by atoms with van der Waals surface area (Å²) in [4.78, 5) is 20.4. The molecule has 0 atom stereocenters. The number of hydrogen-bond donors (Lipinski definition) is 3. The third kappa shape index (κ3) is 3.17. The minimum absolute atomic E-state index is 0.0669. The van der Waals surface area contributed by atoms with Crippen molar-refractivity contribution in [2.45, 2.75) is 20.8 Å². The molecule has 0 bridgehead atoms. The normalized spacial score (nSPS) is 11.9. The number of Topliss-reactive ketones (excluding diaryl/α,β-unsaturated/α-hetero) is 1. The van der Waals surface area contributed by atoms with Gasteiger partial charge >= 0.3 is 0 Å². The van der Waals surface area contributed by atoms with Crippen molar-refractivity contribution in [1.29, 1.82) is 0 Å². The van der Waals surface area contributed by atoms with Crippen LogP contribution >= 0.6 is 15.9 Å². The number of benzene rings is 2. The number of halogens is 2. The van der Waals surface area contributed by atoms with Crippen LogP contribution in [-0.4, -0.2) is 30.5 Å². The van der Waals surface area contributed by atoms with E-state index in [-0.39, 0.29) is 16.8 Å². The van der Waals surface area contributed by atoms with Crippen LogP contribution in [-0.2, 0) is 0 Å². The van der Waals surface area contributed by atoms with E-state index in [1.807, 2.05) is 0 Å². The number of nitrogens with zero attached hydrogens (tertiary/aromatic N) is 2. The molecule has 0 radical (unpaired) electrons. The largest absolute Gasteiger partial charge is 0.503 e. The Hall–Kier alpha value is -3.13. The number of nitrogens with one attached hydrogen (secondary N) is 1. The van der Waals surface area contributed by atoms with Gasteiger partial charge in [-0.25, -0.2) is 9.37 Å². The Bertz CT molecular complexity index is 1300. The number of fused-ring (bicyclic) bond motifs is 1. The molecule has 4 aromatic rings. The summed E-state index contributed by atoms with van der Waals surface area (Å²) >= 11 is 3.33. The van der Waals surface area contributed by atoms with Crippen LogP contribution in [0.2, 0.25) is 0 Å². The lowest BCUT2D eigenvalue weighted by molar-refractivity contribution is 0.0856. The Morgan fingerprint density at radius 3 is 2.60 bits per heavy atom. The second-order valence-corrected chi connectivity index (χ2v) is 8.95. The zero-order valence-electron chi connectivity index (χ0n) is 16.5. The summed E-state index contributed by atoms with van der Waals surface area (Å²) in [6.45, 7) is 5.09. The first kappa shape index (κ1) is 20.2. The van der Waals surface area contributed by atoms with Crippen LogP contribution in [0, 0.1) is 11.2 Å². The van der Waals surface area contributed by atoms with Crippen LogP contribution in [0.3, 0.4) is 0 Å². The molecule has 0 aliphatic heterocycles. The van der Waals surface area contributed by atoms with Crippen molar-refractivity contribution >= 4 is 32.7 Å². The van der Waals surface area contributed by atoms with Crippen molar-refractivity contribution in [2.75, 3.05) is 0 Å². The number of rotatable bonds is 3. The highest BCUT2D eigenvalue weighted by molar-refractivity contribution is 9.10. The van der Waals surface area contributed by atoms with Gasteiger partial charge in [-0.05, 0) is 36.4 Å². The van der Waals surface area contributed by atoms with E-state index in [4.69, 9.17) is 0 Å². The quantitative estimate of drug-likeness (QED) is 0.341. The predicted octanol–water partition coefficient (Wildman–Crippen LogP) is 5.56. The lowest BCUT2D eigenvalue weighted by Gasteiger charge is -2.18. The molecule has 8 heteroatoms. The fourth-order valence-corrected chi connectivity index (χ4v) is 3.75. The molecule has 0 spiro atoms. The maximum Gasteiger partial charge on any atom is 0.240 e. The Kier molecular flexibility index (Phi) is 4.69. The summed E-state index contributed by atoms with van der Waals surface area (Å²) in [7, 11) is 0. The van der Waals surface area contributed by atoms with E-state index < -0.39 is 28.6 Å². The van der Waals surface area contributed by atoms with Gasteiger partial charge in [-0.2, -0.15) is 0 Å². The summed E-state index contributed by atoms with van der Waals surface area (Å²) in [6.07, 6.45) is 1.53. The Balaban J connectivity index is 2.12. The third-order valence-electron chi connectivity index (χ3n) is 4.87. The van der Waals surface area contributed by atoms with E-state index in [9.17, 15) is 19.4 Å². The fraction of sp³-hybridized carbons (Fsp3) is 0.182. The second kappa shape index (κ2) is 6.98. The lowest BCUT2D eigenvalue weighted by atomic mass is 9.85. The van der Waals surface area contributed by atoms with Crippen molar-refractivity contribution < 1.29 is 19.4 Å². The van der Waals surface area contributed by atoms with E-state index in [0.717, 1.165) is 0 Å². The van der Waals surface area contributed by atoms with E-state index in [0.29, 0.717) is 21.2 Å². The van der Waals surface area contributed by atoms with Crippen LogP contribution in [0.25, 0.3) is 28.0 Å². The van der Waals surface area contributed by atoms with Gasteiger partial charge in [0.15, 0.2) is 11.5 Å². The van der Waals surface area contributed by atoms with Gasteiger partial charge in [-0.15, -0.1) is 0 Å². The summed E-state index contributed by atoms with van der Waals surface area (Å²) < 4.78 is 16.8. The van der Waals surface area contributed by atoms with Gasteiger partial charge in [0.1, 0.15) is 5.82 Å². The summed E-state index contributed by atoms with van der Waals surface area (Å²) in [5.74, 6) is -2.15. The molecule has 2 heterocycles. The molecule has 0 saturated heterocycles. The fourth-order valence-electron chi connectivity index (χ4n) is 3.39. The molecular weight excluding hydrogens is 453 g/mol. The average molecular weight is 472 g/mol. The molecule has 0 fully saturated rings. The number of H-pyrrole nitrogens is 1. The standard InChI is InChI=1S/C22H19BrFN3O3/c1-22(2,3)20(29)17-18(13-8-11(23)4-6-14(13)24)27(21(30)19(17)28)12-5-7-15-16(9-12)26-10-25-15/h4-10,28,30H,1-3H3,(H,25,26). The van der Waals surface area contributed by atoms with Gasteiger partial charge in [0.05, 0.1) is 34.3 Å². The number of hydrogen-bond acceptors (Lipinski definition) is 4. The van der Waals surface area contributed by atoms with Crippen LogP contribution in [0.4, 0.5) is 4.39 Å². The van der Waals surface area contributed by atoms with Crippen LogP contribution in [0.5, 0.6) is 11.6 Å². The predicted molar refractivity (Wildman–Crippen MR) is 116 cm³/mol. The van der Waals surface area contributed by atoms with E-state index >= 15 is 0 Å². The molecule has 0 unspecified atom stereocenters. The molecule has 2 aromatic carbocycles. The number of carbonyl (C=O) groups is 1. The SMILES string of the molecule is CC(C)(C)C(=O)c1c(O)c(O)n(-c2ccc3nc[nH]c3c2)c1-c1cc(Br)ccc1F. The first-order chi connectivity index (χ1) is 14.1. The Morgan fingerprint density at radius 2 is 1.90 bits per heavy atom. The lowest BCUT2D eigenvalue weighted by Crippen LogP contribution is -2.21. The zero-order chi connectivity index (χ0) is 21.8. The monoisotopic (exact) mass is 471 g/mol. The number of carbonyl (C=O) groups excluding carboxylic acids is 1. The minimum Gasteiger partial charge on any atom is -0.503 e. The summed E-state index contributed by atoms with van der Waals surface area (Å²) in [5, 5.41) is 21.6. The van der Waals surface area contributed by atoms with Crippen molar-refractivity contribution in [2.24, 2.45) is 5.41 Å². The highest BCUT2D eigenvalue weighted by Gasteiger charge is 2.35. The number of aromatic nitrogens is 3. The first-order valence-electron chi connectivity index (χ1n) is 9.20. The molecule has 30 heavy (non-hydrogen) atoms. The Labute approximate surface area is 180 Å². The van der Waals surface area contributed by atoms with E-state index in [2.05, 4.69) is 25.9 Å². The van der Waals surface area contributed by atoms with Crippen molar-refractivity contribution in [3.63, 3.8) is 0 Å². The highest BCUT2D eigenvalue weighted by Crippen LogP contribution is 2.46. The first-order valence-corrected chi connectivity index (χ1v) is 9.99. The van der Waals surface area contributed by atoms with Gasteiger partial charge in [0, 0.05) is 15.5 Å². The van der Waals surface area contributed by atoms with Crippen molar-refractivity contribution in [3.05, 3.63) is 58.6 Å². The maximum absolute atomic E-state index is 14.9. The molecule has 0 amide bonds. The highest BCUT2D eigenvalue weighted by atomic mass is 79.9. The summed E-state index contributed by atoms with van der Waals surface area (Å²) in [6, 6.07) is 9.40. The van der Waals surface area contributed by atoms with Gasteiger partial charge in [0.25, 0.3) is 0 Å². The molecule has 2 aromatic heterocycles. The second-order valence-electron chi connectivity index (χ2n) is 8.04. The third-order valence-corrected chi connectivity index (χ3v) is 5.37. The van der Waals surface area contributed by atoms with Crippen molar-refractivity contribution in [1.82, 2.24) is 14.5 Å². The smallest absolute Gasteiger partial charge is 0.240 e. The zero-order valence-corrected chi connectivity index (χ0v) is 18.1. The minimum atomic E-state index is -0.874. The van der Waals surface area contributed by atoms with Gasteiger partial charge < -0.3 is 15.2 Å². The number of aromatic amines is 1. The molecule has 6 nitrogen and oxygen atoms in total. The number of ketones is 1. The molecule has 0 saturated carbocycles.